The Balaban J connectivity index is 1.68. The minimum atomic E-state index is -1.10. The molecule has 0 unspecified atom stereocenters. The van der Waals surface area contributed by atoms with Gasteiger partial charge in [0.05, 0.1) is 0 Å². The molecule has 17 heavy (non-hydrogen) atoms. The lowest BCUT2D eigenvalue weighted by molar-refractivity contribution is -0.149. The Morgan fingerprint density at radius 2 is 1.94 bits per heavy atom. The number of carboxylic acid groups (broad SMARTS) is 1. The van der Waals surface area contributed by atoms with E-state index in [1.807, 2.05) is 0 Å². The van der Waals surface area contributed by atoms with Crippen LogP contribution < -0.4 is 5.32 Å². The second-order valence-electron chi connectivity index (χ2n) is 4.99. The highest BCUT2D eigenvalue weighted by Gasteiger charge is 2.56. The van der Waals surface area contributed by atoms with Crippen LogP contribution in [0.15, 0.2) is 0 Å². The Kier molecular flexibility index (Phi) is 3.66. The molecular formula is C12H19NO4. The fourth-order valence-electron chi connectivity index (χ4n) is 2.26. The van der Waals surface area contributed by atoms with E-state index < -0.39 is 11.4 Å². The molecule has 0 aromatic rings. The highest BCUT2D eigenvalue weighted by Crippen LogP contribution is 2.46. The van der Waals surface area contributed by atoms with E-state index in [4.69, 9.17) is 9.84 Å². The molecule has 96 valence electrons. The molecule has 5 heteroatoms. The maximum atomic E-state index is 11.7. The van der Waals surface area contributed by atoms with Crippen LogP contribution in [0, 0.1) is 11.3 Å². The van der Waals surface area contributed by atoms with Crippen LogP contribution in [0.4, 0.5) is 0 Å². The Morgan fingerprint density at radius 1 is 1.29 bits per heavy atom. The van der Waals surface area contributed by atoms with Gasteiger partial charge in [0.25, 0.3) is 0 Å². The number of carboxylic acids is 1. The maximum Gasteiger partial charge on any atom is 0.319 e. The fraction of sp³-hybridized carbons (Fsp3) is 0.833. The van der Waals surface area contributed by atoms with Crippen LogP contribution in [0.5, 0.6) is 0 Å². The summed E-state index contributed by atoms with van der Waals surface area (Å²) in [6, 6.07) is 0. The normalized spacial score (nSPS) is 23.1. The quantitative estimate of drug-likeness (QED) is 0.698. The van der Waals surface area contributed by atoms with Crippen LogP contribution >= 0.6 is 0 Å². The van der Waals surface area contributed by atoms with E-state index >= 15 is 0 Å². The van der Waals surface area contributed by atoms with Crippen LogP contribution in [0.1, 0.15) is 32.1 Å². The number of carbonyl (C=O) groups excluding carboxylic acids is 1. The van der Waals surface area contributed by atoms with Gasteiger partial charge < -0.3 is 15.2 Å². The number of rotatable bonds is 5. The molecule has 0 bridgehead atoms. The molecule has 0 spiro atoms. The van der Waals surface area contributed by atoms with E-state index in [2.05, 4.69) is 5.32 Å². The predicted molar refractivity (Wildman–Crippen MR) is 60.5 cm³/mol. The molecule has 1 saturated heterocycles. The number of hydrogen-bond donors (Lipinski definition) is 2. The zero-order chi connectivity index (χ0) is 12.3. The van der Waals surface area contributed by atoms with Gasteiger partial charge in [-0.25, -0.2) is 0 Å². The molecule has 2 N–H and O–H groups in total. The second-order valence-corrected chi connectivity index (χ2v) is 4.99. The Bertz CT molecular complexity index is 306. The molecule has 2 fully saturated rings. The third kappa shape index (κ3) is 2.77. The number of hydrogen-bond acceptors (Lipinski definition) is 3. The molecule has 1 heterocycles. The lowest BCUT2D eigenvalue weighted by Gasteiger charge is -2.22. The van der Waals surface area contributed by atoms with Crippen molar-refractivity contribution in [2.45, 2.75) is 32.1 Å². The Labute approximate surface area is 101 Å². The van der Waals surface area contributed by atoms with E-state index in [9.17, 15) is 9.59 Å². The SMILES string of the molecule is O=C(O)C1(C(=O)NCCC2CCOCC2)CC1. The fourth-order valence-corrected chi connectivity index (χ4v) is 2.26. The Hall–Kier alpha value is -1.10. The number of nitrogens with one attached hydrogen (secondary N) is 1. The lowest BCUT2D eigenvalue weighted by atomic mass is 9.96. The van der Waals surface area contributed by atoms with Gasteiger partial charge in [0.1, 0.15) is 5.41 Å². The largest absolute Gasteiger partial charge is 0.480 e. The first-order chi connectivity index (χ1) is 8.15. The highest BCUT2D eigenvalue weighted by atomic mass is 16.5. The summed E-state index contributed by atoms with van der Waals surface area (Å²) in [4.78, 5) is 22.6. The van der Waals surface area contributed by atoms with Crippen molar-refractivity contribution < 1.29 is 19.4 Å². The zero-order valence-corrected chi connectivity index (χ0v) is 9.91. The van der Waals surface area contributed by atoms with Crippen LogP contribution in [0.25, 0.3) is 0 Å². The van der Waals surface area contributed by atoms with Crippen molar-refractivity contribution in [2.75, 3.05) is 19.8 Å². The van der Waals surface area contributed by atoms with Gasteiger partial charge in [0, 0.05) is 19.8 Å². The molecular weight excluding hydrogens is 222 g/mol. The molecule has 0 aromatic carbocycles. The standard InChI is InChI=1S/C12H19NO4/c14-10(12(4-5-12)11(15)16)13-6-1-9-2-7-17-8-3-9/h9H,1-8H2,(H,13,14)(H,15,16). The van der Waals surface area contributed by atoms with E-state index in [1.54, 1.807) is 0 Å². The van der Waals surface area contributed by atoms with E-state index in [-0.39, 0.29) is 5.91 Å². The van der Waals surface area contributed by atoms with Crippen molar-refractivity contribution in [3.05, 3.63) is 0 Å². The summed E-state index contributed by atoms with van der Waals surface area (Å²) >= 11 is 0. The van der Waals surface area contributed by atoms with Gasteiger partial charge >= 0.3 is 5.97 Å². The van der Waals surface area contributed by atoms with Crippen LogP contribution in [-0.4, -0.2) is 36.7 Å². The smallest absolute Gasteiger partial charge is 0.319 e. The first-order valence-corrected chi connectivity index (χ1v) is 6.24. The van der Waals surface area contributed by atoms with Gasteiger partial charge in [-0.05, 0) is 38.0 Å². The van der Waals surface area contributed by atoms with Gasteiger partial charge in [-0.2, -0.15) is 0 Å². The first-order valence-electron chi connectivity index (χ1n) is 6.24. The monoisotopic (exact) mass is 241 g/mol. The highest BCUT2D eigenvalue weighted by molar-refractivity contribution is 6.04. The van der Waals surface area contributed by atoms with Crippen molar-refractivity contribution in [1.82, 2.24) is 5.32 Å². The van der Waals surface area contributed by atoms with E-state index in [0.717, 1.165) is 32.5 Å². The van der Waals surface area contributed by atoms with Crippen molar-refractivity contribution in [3.63, 3.8) is 0 Å². The third-order valence-corrected chi connectivity index (χ3v) is 3.77. The summed E-state index contributed by atoms with van der Waals surface area (Å²) in [7, 11) is 0. The number of carbonyl (C=O) groups is 2. The van der Waals surface area contributed by atoms with Gasteiger partial charge in [-0.3, -0.25) is 9.59 Å². The molecule has 0 atom stereocenters. The summed E-state index contributed by atoms with van der Waals surface area (Å²) < 4.78 is 5.26. The molecule has 1 aliphatic heterocycles. The van der Waals surface area contributed by atoms with E-state index in [0.29, 0.717) is 25.3 Å². The van der Waals surface area contributed by atoms with Crippen LogP contribution in [0.2, 0.25) is 0 Å². The molecule has 5 nitrogen and oxygen atoms in total. The van der Waals surface area contributed by atoms with Crippen LogP contribution in [-0.2, 0) is 14.3 Å². The van der Waals surface area contributed by atoms with Gasteiger partial charge in [-0.1, -0.05) is 0 Å². The first kappa shape index (κ1) is 12.4. The van der Waals surface area contributed by atoms with E-state index in [1.165, 1.54) is 0 Å². The molecule has 2 aliphatic rings. The third-order valence-electron chi connectivity index (χ3n) is 3.77. The minimum absolute atomic E-state index is 0.308. The summed E-state index contributed by atoms with van der Waals surface area (Å²) in [5.41, 5.74) is -1.10. The van der Waals surface area contributed by atoms with Crippen molar-refractivity contribution in [3.8, 4) is 0 Å². The number of amides is 1. The van der Waals surface area contributed by atoms with Crippen molar-refractivity contribution in [2.24, 2.45) is 11.3 Å². The average Bonchev–Trinajstić information content (AvgIpc) is 3.11. The van der Waals surface area contributed by atoms with Gasteiger partial charge in [0.2, 0.25) is 5.91 Å². The summed E-state index contributed by atoms with van der Waals surface area (Å²) in [5.74, 6) is -0.692. The summed E-state index contributed by atoms with van der Waals surface area (Å²) in [6.45, 7) is 2.19. The molecule has 1 saturated carbocycles. The topological polar surface area (TPSA) is 75.6 Å². The maximum absolute atomic E-state index is 11.7. The lowest BCUT2D eigenvalue weighted by Crippen LogP contribution is -2.38. The summed E-state index contributed by atoms with van der Waals surface area (Å²) in [5, 5.41) is 11.7. The minimum Gasteiger partial charge on any atom is -0.480 e. The molecule has 0 aromatic heterocycles. The molecule has 2 rings (SSSR count). The van der Waals surface area contributed by atoms with Gasteiger partial charge in [0.15, 0.2) is 0 Å². The summed E-state index contributed by atoms with van der Waals surface area (Å²) in [6.07, 6.45) is 3.96. The molecule has 1 amide bonds. The molecule has 0 radical (unpaired) electrons. The van der Waals surface area contributed by atoms with Crippen LogP contribution in [0.3, 0.4) is 0 Å². The predicted octanol–water partition coefficient (Wildman–Crippen LogP) is 0.784. The zero-order valence-electron chi connectivity index (χ0n) is 9.91. The average molecular weight is 241 g/mol. The van der Waals surface area contributed by atoms with Crippen molar-refractivity contribution >= 4 is 11.9 Å². The van der Waals surface area contributed by atoms with Gasteiger partial charge in [-0.15, -0.1) is 0 Å². The Morgan fingerprint density at radius 3 is 2.47 bits per heavy atom. The number of aliphatic carboxylic acids is 1. The number of ether oxygens (including phenoxy) is 1. The van der Waals surface area contributed by atoms with Crippen molar-refractivity contribution in [1.29, 1.82) is 0 Å². The molecule has 1 aliphatic carbocycles. The second kappa shape index (κ2) is 5.04.